The summed E-state index contributed by atoms with van der Waals surface area (Å²) in [5.74, 6) is -0.721. The number of carbonyl (C=O) groups excluding carboxylic acids is 2. The normalized spacial score (nSPS) is 12.1. The van der Waals surface area contributed by atoms with Gasteiger partial charge in [-0.15, -0.1) is 0 Å². The molecule has 2 rings (SSSR count). The van der Waals surface area contributed by atoms with E-state index in [1.54, 1.807) is 26.0 Å². The molecule has 0 radical (unpaired) electrons. The maximum absolute atomic E-state index is 11.9. The lowest BCUT2D eigenvalue weighted by atomic mass is 10.2. The summed E-state index contributed by atoms with van der Waals surface area (Å²) in [4.78, 5) is 23.3. The van der Waals surface area contributed by atoms with E-state index in [2.05, 4.69) is 5.32 Å². The third kappa shape index (κ3) is 2.93. The molecule has 0 saturated heterocycles. The van der Waals surface area contributed by atoms with Crippen LogP contribution in [0.15, 0.2) is 34.7 Å². The lowest BCUT2D eigenvalue weighted by Gasteiger charge is -2.11. The van der Waals surface area contributed by atoms with E-state index in [1.807, 2.05) is 18.2 Å². The van der Waals surface area contributed by atoms with Gasteiger partial charge in [0, 0.05) is 5.39 Å². The Bertz CT molecular complexity index is 569. The molecule has 0 aliphatic heterocycles. The van der Waals surface area contributed by atoms with E-state index in [4.69, 9.17) is 9.15 Å². The number of carbonyl (C=O) groups is 2. The second-order valence-electron chi connectivity index (χ2n) is 4.10. The molecule has 5 heteroatoms. The van der Waals surface area contributed by atoms with Gasteiger partial charge in [-0.25, -0.2) is 4.79 Å². The molecule has 0 saturated carbocycles. The standard InChI is InChI=1S/C14H15NO4/c1-3-18-14(17)9(2)15-13(16)12-8-10-6-4-5-7-11(10)19-12/h4-9H,3H2,1-2H3,(H,15,16)/t9-/m0/s1. The Labute approximate surface area is 110 Å². The number of furan rings is 1. The van der Waals surface area contributed by atoms with E-state index in [9.17, 15) is 9.59 Å². The number of hydrogen-bond donors (Lipinski definition) is 1. The second kappa shape index (κ2) is 5.56. The largest absolute Gasteiger partial charge is 0.464 e. The number of para-hydroxylation sites is 1. The molecule has 0 aliphatic carbocycles. The molecule has 19 heavy (non-hydrogen) atoms. The molecule has 2 aromatic rings. The molecule has 1 amide bonds. The third-order valence-electron chi connectivity index (χ3n) is 2.64. The van der Waals surface area contributed by atoms with Gasteiger partial charge in [0.2, 0.25) is 0 Å². The van der Waals surface area contributed by atoms with Gasteiger partial charge < -0.3 is 14.5 Å². The molecule has 1 aromatic heterocycles. The first-order valence-electron chi connectivity index (χ1n) is 6.08. The van der Waals surface area contributed by atoms with Gasteiger partial charge in [-0.2, -0.15) is 0 Å². The Balaban J connectivity index is 2.09. The van der Waals surface area contributed by atoms with E-state index in [0.717, 1.165) is 5.39 Å². The highest BCUT2D eigenvalue weighted by Gasteiger charge is 2.19. The van der Waals surface area contributed by atoms with Crippen LogP contribution in [0.3, 0.4) is 0 Å². The molecule has 1 aromatic carbocycles. The molecule has 0 bridgehead atoms. The Kier molecular flexibility index (Phi) is 3.85. The van der Waals surface area contributed by atoms with Crippen molar-refractivity contribution in [2.75, 3.05) is 6.61 Å². The summed E-state index contributed by atoms with van der Waals surface area (Å²) in [6.45, 7) is 3.56. The van der Waals surface area contributed by atoms with E-state index in [0.29, 0.717) is 5.58 Å². The van der Waals surface area contributed by atoms with Crippen LogP contribution in [-0.2, 0) is 9.53 Å². The van der Waals surface area contributed by atoms with Crippen LogP contribution in [0.25, 0.3) is 11.0 Å². The van der Waals surface area contributed by atoms with Gasteiger partial charge in [-0.3, -0.25) is 4.79 Å². The number of benzene rings is 1. The van der Waals surface area contributed by atoms with Gasteiger partial charge in [0.25, 0.3) is 5.91 Å². The van der Waals surface area contributed by atoms with Crippen LogP contribution in [0.1, 0.15) is 24.4 Å². The maximum Gasteiger partial charge on any atom is 0.328 e. The maximum atomic E-state index is 11.9. The number of hydrogen-bond acceptors (Lipinski definition) is 4. The molecule has 0 fully saturated rings. The van der Waals surface area contributed by atoms with E-state index >= 15 is 0 Å². The molecule has 0 aliphatic rings. The summed E-state index contributed by atoms with van der Waals surface area (Å²) in [5.41, 5.74) is 0.636. The van der Waals surface area contributed by atoms with Gasteiger partial charge in [0.15, 0.2) is 5.76 Å². The minimum absolute atomic E-state index is 0.178. The Morgan fingerprint density at radius 1 is 1.37 bits per heavy atom. The smallest absolute Gasteiger partial charge is 0.328 e. The first-order chi connectivity index (χ1) is 9.11. The van der Waals surface area contributed by atoms with E-state index in [1.165, 1.54) is 0 Å². The molecule has 5 nitrogen and oxygen atoms in total. The zero-order valence-electron chi connectivity index (χ0n) is 10.8. The van der Waals surface area contributed by atoms with Crippen LogP contribution >= 0.6 is 0 Å². The average molecular weight is 261 g/mol. The monoisotopic (exact) mass is 261 g/mol. The fraction of sp³-hybridized carbons (Fsp3) is 0.286. The molecule has 0 spiro atoms. The van der Waals surface area contributed by atoms with Gasteiger partial charge in [-0.05, 0) is 26.0 Å². The number of fused-ring (bicyclic) bond motifs is 1. The number of esters is 1. The van der Waals surface area contributed by atoms with Crippen LogP contribution in [0.5, 0.6) is 0 Å². The highest BCUT2D eigenvalue weighted by atomic mass is 16.5. The fourth-order valence-electron chi connectivity index (χ4n) is 1.69. The molecule has 100 valence electrons. The summed E-state index contributed by atoms with van der Waals surface area (Å²) < 4.78 is 10.2. The molecule has 1 N–H and O–H groups in total. The minimum atomic E-state index is -0.708. The van der Waals surface area contributed by atoms with Gasteiger partial charge in [0.05, 0.1) is 6.61 Å². The number of amides is 1. The second-order valence-corrected chi connectivity index (χ2v) is 4.10. The summed E-state index contributed by atoms with van der Waals surface area (Å²) in [5, 5.41) is 3.38. The molecular weight excluding hydrogens is 246 g/mol. The Morgan fingerprint density at radius 2 is 2.11 bits per heavy atom. The summed E-state index contributed by atoms with van der Waals surface area (Å²) in [6, 6.07) is 8.25. The highest BCUT2D eigenvalue weighted by Crippen LogP contribution is 2.18. The van der Waals surface area contributed by atoms with Crippen molar-refractivity contribution in [3.63, 3.8) is 0 Å². The van der Waals surface area contributed by atoms with Crippen LogP contribution in [-0.4, -0.2) is 24.5 Å². The van der Waals surface area contributed by atoms with Crippen molar-refractivity contribution in [2.24, 2.45) is 0 Å². The number of nitrogens with one attached hydrogen (secondary N) is 1. The third-order valence-corrected chi connectivity index (χ3v) is 2.64. The minimum Gasteiger partial charge on any atom is -0.464 e. The van der Waals surface area contributed by atoms with Crippen molar-refractivity contribution in [3.05, 3.63) is 36.1 Å². The first kappa shape index (κ1) is 13.1. The van der Waals surface area contributed by atoms with Crippen molar-refractivity contribution in [2.45, 2.75) is 19.9 Å². The summed E-state index contributed by atoms with van der Waals surface area (Å²) >= 11 is 0. The van der Waals surface area contributed by atoms with Crippen molar-refractivity contribution in [1.29, 1.82) is 0 Å². The van der Waals surface area contributed by atoms with Crippen molar-refractivity contribution >= 4 is 22.8 Å². The lowest BCUT2D eigenvalue weighted by molar-refractivity contribution is -0.144. The zero-order chi connectivity index (χ0) is 13.8. The molecule has 0 unspecified atom stereocenters. The number of ether oxygens (including phenoxy) is 1. The highest BCUT2D eigenvalue weighted by molar-refractivity contribution is 5.97. The average Bonchev–Trinajstić information content (AvgIpc) is 2.82. The predicted molar refractivity (Wildman–Crippen MR) is 69.8 cm³/mol. The fourth-order valence-corrected chi connectivity index (χ4v) is 1.69. The quantitative estimate of drug-likeness (QED) is 0.856. The SMILES string of the molecule is CCOC(=O)[C@H](C)NC(=O)c1cc2ccccc2o1. The molecular formula is C14H15NO4. The Hall–Kier alpha value is -2.30. The van der Waals surface area contributed by atoms with E-state index in [-0.39, 0.29) is 12.4 Å². The van der Waals surface area contributed by atoms with Crippen molar-refractivity contribution in [3.8, 4) is 0 Å². The van der Waals surface area contributed by atoms with Crippen LogP contribution in [0.2, 0.25) is 0 Å². The molecule has 1 atom stereocenters. The van der Waals surface area contributed by atoms with E-state index < -0.39 is 17.9 Å². The van der Waals surface area contributed by atoms with Gasteiger partial charge in [-0.1, -0.05) is 18.2 Å². The van der Waals surface area contributed by atoms with Crippen LogP contribution in [0.4, 0.5) is 0 Å². The van der Waals surface area contributed by atoms with Crippen LogP contribution < -0.4 is 5.32 Å². The van der Waals surface area contributed by atoms with Crippen molar-refractivity contribution < 1.29 is 18.7 Å². The Morgan fingerprint density at radius 3 is 2.79 bits per heavy atom. The summed E-state index contributed by atoms with van der Waals surface area (Å²) in [6.07, 6.45) is 0. The topological polar surface area (TPSA) is 68.5 Å². The van der Waals surface area contributed by atoms with Crippen LogP contribution in [0, 0.1) is 0 Å². The lowest BCUT2D eigenvalue weighted by Crippen LogP contribution is -2.39. The zero-order valence-corrected chi connectivity index (χ0v) is 10.8. The predicted octanol–water partition coefficient (Wildman–Crippen LogP) is 2.11. The van der Waals surface area contributed by atoms with Gasteiger partial charge >= 0.3 is 5.97 Å². The summed E-state index contributed by atoms with van der Waals surface area (Å²) in [7, 11) is 0. The number of rotatable bonds is 4. The molecule has 1 heterocycles. The first-order valence-corrected chi connectivity index (χ1v) is 6.08. The van der Waals surface area contributed by atoms with Gasteiger partial charge in [0.1, 0.15) is 11.6 Å². The van der Waals surface area contributed by atoms with Crippen molar-refractivity contribution in [1.82, 2.24) is 5.32 Å².